The first-order chi connectivity index (χ1) is 27.9. The van der Waals surface area contributed by atoms with Crippen LogP contribution < -0.4 is 0 Å². The molecule has 0 aromatic rings. The fraction of sp³-hybridized carbons (Fsp3) is 0.941. The maximum atomic E-state index is 12.7. The quantitative estimate of drug-likeness (QED) is 0.0346. The van der Waals surface area contributed by atoms with Gasteiger partial charge >= 0.3 is 17.9 Å². The fourth-order valence-corrected chi connectivity index (χ4v) is 7.69. The van der Waals surface area contributed by atoms with Gasteiger partial charge in [0.1, 0.15) is 13.2 Å². The molecule has 338 valence electrons. The van der Waals surface area contributed by atoms with Crippen molar-refractivity contribution in [1.82, 2.24) is 0 Å². The van der Waals surface area contributed by atoms with Crippen molar-refractivity contribution < 1.29 is 28.6 Å². The Labute approximate surface area is 355 Å². The summed E-state index contributed by atoms with van der Waals surface area (Å²) >= 11 is 0. The Bertz CT molecular complexity index is 857. The van der Waals surface area contributed by atoms with Crippen molar-refractivity contribution in [1.29, 1.82) is 0 Å². The second-order valence-corrected chi connectivity index (χ2v) is 17.9. The molecule has 0 heterocycles. The van der Waals surface area contributed by atoms with Gasteiger partial charge in [-0.1, -0.05) is 246 Å². The molecule has 0 aromatic heterocycles. The monoisotopic (exact) mass is 807 g/mol. The minimum atomic E-state index is -0.759. The lowest BCUT2D eigenvalue weighted by Gasteiger charge is -2.18. The third-order valence-electron chi connectivity index (χ3n) is 11.5. The molecule has 0 saturated carbocycles. The van der Waals surface area contributed by atoms with Crippen molar-refractivity contribution in [3.05, 3.63) is 0 Å². The molecular weight excluding hydrogens is 709 g/mol. The van der Waals surface area contributed by atoms with E-state index in [1.54, 1.807) is 0 Å². The van der Waals surface area contributed by atoms with Crippen LogP contribution in [0, 0.1) is 5.92 Å². The molecule has 0 bridgehead atoms. The summed E-state index contributed by atoms with van der Waals surface area (Å²) in [5.74, 6) is -0.0130. The second kappa shape index (κ2) is 45.5. The highest BCUT2D eigenvalue weighted by atomic mass is 16.6. The summed E-state index contributed by atoms with van der Waals surface area (Å²) in [4.78, 5) is 37.8. The average molecular weight is 807 g/mol. The highest BCUT2D eigenvalue weighted by molar-refractivity contribution is 5.71. The molecule has 0 aliphatic heterocycles. The number of unbranched alkanes of at least 4 members (excludes halogenated alkanes) is 33. The largest absolute Gasteiger partial charge is 0.462 e. The van der Waals surface area contributed by atoms with Gasteiger partial charge < -0.3 is 14.2 Å². The molecule has 0 saturated heterocycles. The maximum absolute atomic E-state index is 12.7. The van der Waals surface area contributed by atoms with Crippen molar-refractivity contribution in [3.63, 3.8) is 0 Å². The van der Waals surface area contributed by atoms with Crippen LogP contribution in [-0.4, -0.2) is 37.2 Å². The number of carbonyl (C=O) groups excluding carboxylic acids is 3. The number of hydrogen-bond donors (Lipinski definition) is 0. The molecule has 0 radical (unpaired) electrons. The van der Waals surface area contributed by atoms with E-state index in [1.165, 1.54) is 180 Å². The van der Waals surface area contributed by atoms with Crippen molar-refractivity contribution in [2.75, 3.05) is 13.2 Å². The second-order valence-electron chi connectivity index (χ2n) is 17.9. The fourth-order valence-electron chi connectivity index (χ4n) is 7.69. The normalized spacial score (nSPS) is 11.9. The van der Waals surface area contributed by atoms with Crippen LogP contribution in [0.25, 0.3) is 0 Å². The van der Waals surface area contributed by atoms with Crippen molar-refractivity contribution in [3.8, 4) is 0 Å². The van der Waals surface area contributed by atoms with Crippen LogP contribution >= 0.6 is 0 Å². The highest BCUT2D eigenvalue weighted by Crippen LogP contribution is 2.17. The zero-order valence-corrected chi connectivity index (χ0v) is 38.8. The zero-order valence-electron chi connectivity index (χ0n) is 38.8. The van der Waals surface area contributed by atoms with E-state index in [4.69, 9.17) is 14.2 Å². The van der Waals surface area contributed by atoms with Crippen LogP contribution in [0.15, 0.2) is 0 Å². The summed E-state index contributed by atoms with van der Waals surface area (Å²) in [7, 11) is 0. The van der Waals surface area contributed by atoms with Crippen LogP contribution in [0.2, 0.25) is 0 Å². The summed E-state index contributed by atoms with van der Waals surface area (Å²) < 4.78 is 16.8. The topological polar surface area (TPSA) is 78.9 Å². The lowest BCUT2D eigenvalue weighted by molar-refractivity contribution is -0.167. The Morgan fingerprint density at radius 3 is 0.860 bits per heavy atom. The van der Waals surface area contributed by atoms with Crippen molar-refractivity contribution >= 4 is 17.9 Å². The molecule has 0 fully saturated rings. The Hall–Kier alpha value is -1.59. The van der Waals surface area contributed by atoms with Crippen LogP contribution in [0.4, 0.5) is 0 Å². The van der Waals surface area contributed by atoms with Gasteiger partial charge in [-0.25, -0.2) is 0 Å². The molecule has 0 N–H and O–H groups in total. The zero-order chi connectivity index (χ0) is 41.7. The van der Waals surface area contributed by atoms with Crippen molar-refractivity contribution in [2.24, 2.45) is 5.92 Å². The third kappa shape index (κ3) is 45.3. The van der Waals surface area contributed by atoms with E-state index in [2.05, 4.69) is 27.7 Å². The van der Waals surface area contributed by atoms with E-state index < -0.39 is 6.10 Å². The van der Waals surface area contributed by atoms with E-state index in [0.717, 1.165) is 63.7 Å². The van der Waals surface area contributed by atoms with E-state index >= 15 is 0 Å². The number of carbonyl (C=O) groups is 3. The molecule has 57 heavy (non-hydrogen) atoms. The molecule has 0 amide bonds. The lowest BCUT2D eigenvalue weighted by Crippen LogP contribution is -2.30. The Morgan fingerprint density at radius 2 is 0.579 bits per heavy atom. The molecule has 0 aliphatic carbocycles. The highest BCUT2D eigenvalue weighted by Gasteiger charge is 2.19. The molecular formula is C51H98O6. The van der Waals surface area contributed by atoms with Gasteiger partial charge in [0.05, 0.1) is 0 Å². The Kier molecular flexibility index (Phi) is 44.2. The van der Waals surface area contributed by atoms with Crippen LogP contribution in [-0.2, 0) is 28.6 Å². The first kappa shape index (κ1) is 55.4. The van der Waals surface area contributed by atoms with Crippen LogP contribution in [0.3, 0.4) is 0 Å². The standard InChI is InChI=1S/C51H98O6/c1-5-7-9-11-13-15-17-18-19-23-27-30-34-38-42-49(52)55-45-48(57-51(54)44-40-36-32-26-16-14-12-10-8-6-2)46-56-50(53)43-39-35-31-28-24-21-20-22-25-29-33-37-41-47(3)4/h47-48H,5-46H2,1-4H3/t48-/m1/s1. The molecule has 1 atom stereocenters. The lowest BCUT2D eigenvalue weighted by atomic mass is 10.0. The van der Waals surface area contributed by atoms with Gasteiger partial charge in [-0.15, -0.1) is 0 Å². The SMILES string of the molecule is CCCCCCCCCCCCCCCCC(=O)OC[C@H](COC(=O)CCCCCCCCCCCCCCC(C)C)OC(=O)CCCCCCCCCCCC. The van der Waals surface area contributed by atoms with Crippen LogP contribution in [0.5, 0.6) is 0 Å². The van der Waals surface area contributed by atoms with Gasteiger partial charge in [-0.2, -0.15) is 0 Å². The molecule has 0 unspecified atom stereocenters. The van der Waals surface area contributed by atoms with Gasteiger partial charge in [0.25, 0.3) is 0 Å². The van der Waals surface area contributed by atoms with E-state index in [0.29, 0.717) is 19.3 Å². The Balaban J connectivity index is 4.27. The predicted molar refractivity (Wildman–Crippen MR) is 243 cm³/mol. The predicted octanol–water partition coefficient (Wildman–Crippen LogP) is 16.3. The number of ether oxygens (including phenoxy) is 3. The molecule has 0 rings (SSSR count). The molecule has 0 spiro atoms. The third-order valence-corrected chi connectivity index (χ3v) is 11.5. The smallest absolute Gasteiger partial charge is 0.306 e. The summed E-state index contributed by atoms with van der Waals surface area (Å²) in [5, 5.41) is 0. The first-order valence-electron chi connectivity index (χ1n) is 25.4. The minimum Gasteiger partial charge on any atom is -0.462 e. The van der Waals surface area contributed by atoms with Crippen LogP contribution in [0.1, 0.15) is 285 Å². The van der Waals surface area contributed by atoms with E-state index in [1.807, 2.05) is 0 Å². The first-order valence-corrected chi connectivity index (χ1v) is 25.4. The van der Waals surface area contributed by atoms with Gasteiger partial charge in [-0.05, 0) is 25.2 Å². The maximum Gasteiger partial charge on any atom is 0.306 e. The molecule has 0 aromatic carbocycles. The molecule has 6 nitrogen and oxygen atoms in total. The summed E-state index contributed by atoms with van der Waals surface area (Å²) in [6.07, 6.45) is 46.5. The number of esters is 3. The number of hydrogen-bond acceptors (Lipinski definition) is 6. The number of rotatable bonds is 46. The minimum absolute atomic E-state index is 0.0629. The van der Waals surface area contributed by atoms with Gasteiger partial charge in [-0.3, -0.25) is 14.4 Å². The Morgan fingerprint density at radius 1 is 0.333 bits per heavy atom. The summed E-state index contributed by atoms with van der Waals surface area (Å²) in [6, 6.07) is 0. The van der Waals surface area contributed by atoms with Gasteiger partial charge in [0.2, 0.25) is 0 Å². The van der Waals surface area contributed by atoms with E-state index in [-0.39, 0.29) is 31.1 Å². The van der Waals surface area contributed by atoms with Gasteiger partial charge in [0, 0.05) is 19.3 Å². The van der Waals surface area contributed by atoms with Crippen molar-refractivity contribution in [2.45, 2.75) is 291 Å². The van der Waals surface area contributed by atoms with Gasteiger partial charge in [0.15, 0.2) is 6.10 Å². The molecule has 0 aliphatic rings. The summed E-state index contributed by atoms with van der Waals surface area (Å²) in [5.41, 5.74) is 0. The summed E-state index contributed by atoms with van der Waals surface area (Å²) in [6.45, 7) is 9.01. The van der Waals surface area contributed by atoms with E-state index in [9.17, 15) is 14.4 Å². The average Bonchev–Trinajstić information content (AvgIpc) is 3.19. The molecule has 6 heteroatoms.